The second-order valence-corrected chi connectivity index (χ2v) is 7.25. The predicted molar refractivity (Wildman–Crippen MR) is 105 cm³/mol. The first-order valence-electron chi connectivity index (χ1n) is 8.26. The lowest BCUT2D eigenvalue weighted by Gasteiger charge is -2.26. The summed E-state index contributed by atoms with van der Waals surface area (Å²) in [4.78, 5) is 30.9. The zero-order valence-corrected chi connectivity index (χ0v) is 16.5. The van der Waals surface area contributed by atoms with Crippen molar-refractivity contribution >= 4 is 28.8 Å². The molecule has 0 aliphatic heterocycles. The summed E-state index contributed by atoms with van der Waals surface area (Å²) >= 11 is 1.61. The topological polar surface area (TPSA) is 53.1 Å². The van der Waals surface area contributed by atoms with Gasteiger partial charge < -0.3 is 14.5 Å². The number of carbonyl (C=O) groups excluding carboxylic acids is 2. The number of benzene rings is 1. The number of likely N-dealkylation sites (N-methyl/N-ethyl adjacent to an activating group) is 2. The molecule has 0 aliphatic rings. The van der Waals surface area contributed by atoms with Gasteiger partial charge in [0.05, 0.1) is 26.7 Å². The summed E-state index contributed by atoms with van der Waals surface area (Å²) in [5.74, 6) is 0.651. The van der Waals surface area contributed by atoms with Crippen LogP contribution in [0.25, 0.3) is 0 Å². The van der Waals surface area contributed by atoms with E-state index in [0.29, 0.717) is 6.54 Å². The number of hydrogen-bond donors (Lipinski definition) is 0. The highest BCUT2D eigenvalue weighted by Gasteiger charge is 2.20. The third-order valence-corrected chi connectivity index (χ3v) is 4.75. The van der Waals surface area contributed by atoms with Gasteiger partial charge in [-0.25, -0.2) is 0 Å². The molecule has 6 nitrogen and oxygen atoms in total. The zero-order valence-electron chi connectivity index (χ0n) is 15.6. The molecule has 0 spiro atoms. The van der Waals surface area contributed by atoms with Crippen molar-refractivity contribution in [2.45, 2.75) is 6.54 Å². The minimum absolute atomic E-state index is 0.0328. The van der Waals surface area contributed by atoms with Crippen molar-refractivity contribution in [2.75, 3.05) is 46.2 Å². The Balaban J connectivity index is 2.13. The van der Waals surface area contributed by atoms with Crippen LogP contribution in [0.1, 0.15) is 4.88 Å². The first kappa shape index (κ1) is 19.9. The Morgan fingerprint density at radius 2 is 1.65 bits per heavy atom. The minimum atomic E-state index is -0.0578. The average Bonchev–Trinajstić information content (AvgIpc) is 3.12. The fourth-order valence-corrected chi connectivity index (χ4v) is 3.08. The summed E-state index contributed by atoms with van der Waals surface area (Å²) in [6.45, 7) is 0.865. The number of anilines is 1. The van der Waals surface area contributed by atoms with E-state index in [1.165, 1.54) is 4.90 Å². The van der Waals surface area contributed by atoms with Gasteiger partial charge in [0.2, 0.25) is 11.8 Å². The molecule has 140 valence electrons. The van der Waals surface area contributed by atoms with Crippen LogP contribution in [-0.4, -0.2) is 63.0 Å². The summed E-state index contributed by atoms with van der Waals surface area (Å²) in [6, 6.07) is 11.4. The van der Waals surface area contributed by atoms with Crippen LogP contribution >= 0.6 is 11.3 Å². The first-order valence-corrected chi connectivity index (χ1v) is 9.14. The molecule has 0 atom stereocenters. The Labute approximate surface area is 158 Å². The standard InChI is InChI=1S/C19H25N3O3S/c1-20(2)18(23)13-21(3)14-19(24)22(12-17-6-5-11-26-17)15-7-9-16(25-4)10-8-15/h5-11H,12-14H2,1-4H3. The monoisotopic (exact) mass is 375 g/mol. The zero-order chi connectivity index (χ0) is 19.1. The van der Waals surface area contributed by atoms with Crippen LogP contribution in [0, 0.1) is 0 Å². The summed E-state index contributed by atoms with van der Waals surface area (Å²) in [5, 5.41) is 1.99. The third-order valence-electron chi connectivity index (χ3n) is 3.89. The fraction of sp³-hybridized carbons (Fsp3) is 0.368. The summed E-state index contributed by atoms with van der Waals surface area (Å²) in [7, 11) is 6.80. The van der Waals surface area contributed by atoms with Crippen molar-refractivity contribution in [3.8, 4) is 5.75 Å². The van der Waals surface area contributed by atoms with E-state index in [2.05, 4.69) is 0 Å². The predicted octanol–water partition coefficient (Wildman–Crippen LogP) is 2.31. The van der Waals surface area contributed by atoms with Crippen LogP contribution in [0.3, 0.4) is 0 Å². The number of thiophene rings is 1. The van der Waals surface area contributed by atoms with Crippen LogP contribution in [0.15, 0.2) is 41.8 Å². The van der Waals surface area contributed by atoms with E-state index in [-0.39, 0.29) is 24.9 Å². The molecule has 0 bridgehead atoms. The second-order valence-electron chi connectivity index (χ2n) is 6.22. The quantitative estimate of drug-likeness (QED) is 0.711. The maximum Gasteiger partial charge on any atom is 0.241 e. The smallest absolute Gasteiger partial charge is 0.241 e. The Morgan fingerprint density at radius 1 is 1.00 bits per heavy atom. The normalized spacial score (nSPS) is 10.7. The van der Waals surface area contributed by atoms with Crippen LogP contribution < -0.4 is 9.64 Å². The summed E-state index contributed by atoms with van der Waals surface area (Å²) in [6.07, 6.45) is 0. The highest BCUT2D eigenvalue weighted by Crippen LogP contribution is 2.23. The van der Waals surface area contributed by atoms with E-state index in [9.17, 15) is 9.59 Å². The van der Waals surface area contributed by atoms with Gasteiger partial charge >= 0.3 is 0 Å². The molecule has 0 aliphatic carbocycles. The van der Waals surface area contributed by atoms with Crippen molar-refractivity contribution in [1.82, 2.24) is 9.80 Å². The number of rotatable bonds is 8. The van der Waals surface area contributed by atoms with Gasteiger partial charge in [0.1, 0.15) is 5.75 Å². The molecule has 0 fully saturated rings. The molecule has 2 rings (SSSR count). The van der Waals surface area contributed by atoms with Gasteiger partial charge in [0, 0.05) is 24.7 Å². The van der Waals surface area contributed by atoms with Gasteiger partial charge in [0.15, 0.2) is 0 Å². The highest BCUT2D eigenvalue weighted by molar-refractivity contribution is 7.09. The van der Waals surface area contributed by atoms with Crippen LogP contribution in [-0.2, 0) is 16.1 Å². The lowest BCUT2D eigenvalue weighted by Crippen LogP contribution is -2.42. The molecule has 2 aromatic rings. The molecule has 0 saturated heterocycles. The molecule has 7 heteroatoms. The van der Waals surface area contributed by atoms with Crippen molar-refractivity contribution in [1.29, 1.82) is 0 Å². The molecule has 26 heavy (non-hydrogen) atoms. The summed E-state index contributed by atoms with van der Waals surface area (Å²) in [5.41, 5.74) is 0.802. The van der Waals surface area contributed by atoms with E-state index >= 15 is 0 Å². The largest absolute Gasteiger partial charge is 0.497 e. The Morgan fingerprint density at radius 3 is 2.19 bits per heavy atom. The average molecular weight is 375 g/mol. The van der Waals surface area contributed by atoms with Gasteiger partial charge in [-0.15, -0.1) is 11.3 Å². The first-order chi connectivity index (χ1) is 12.4. The molecule has 2 amide bonds. The number of methoxy groups -OCH3 is 1. The van der Waals surface area contributed by atoms with Crippen molar-refractivity contribution in [3.05, 3.63) is 46.7 Å². The lowest BCUT2D eigenvalue weighted by atomic mass is 10.2. The molecule has 0 unspecified atom stereocenters. The van der Waals surface area contributed by atoms with Crippen LogP contribution in [0.2, 0.25) is 0 Å². The van der Waals surface area contributed by atoms with Crippen LogP contribution in [0.5, 0.6) is 5.75 Å². The molecular formula is C19H25N3O3S. The molecular weight excluding hydrogens is 350 g/mol. The van der Waals surface area contributed by atoms with Crippen molar-refractivity contribution in [3.63, 3.8) is 0 Å². The van der Waals surface area contributed by atoms with Gasteiger partial charge in [-0.2, -0.15) is 0 Å². The number of amides is 2. The van der Waals surface area contributed by atoms with E-state index in [0.717, 1.165) is 16.3 Å². The van der Waals surface area contributed by atoms with E-state index in [1.54, 1.807) is 49.4 Å². The van der Waals surface area contributed by atoms with Crippen molar-refractivity contribution < 1.29 is 14.3 Å². The number of hydrogen-bond acceptors (Lipinski definition) is 5. The molecule has 1 aromatic carbocycles. The second kappa shape index (κ2) is 9.35. The van der Waals surface area contributed by atoms with Gasteiger partial charge in [-0.3, -0.25) is 14.5 Å². The summed E-state index contributed by atoms with van der Waals surface area (Å²) < 4.78 is 5.19. The van der Waals surface area contributed by atoms with Gasteiger partial charge in [-0.05, 0) is 42.8 Å². The minimum Gasteiger partial charge on any atom is -0.497 e. The molecule has 0 saturated carbocycles. The molecule has 0 radical (unpaired) electrons. The molecule has 1 heterocycles. The third kappa shape index (κ3) is 5.57. The fourth-order valence-electron chi connectivity index (χ4n) is 2.39. The number of ether oxygens (including phenoxy) is 1. The Bertz CT molecular complexity index is 714. The van der Waals surface area contributed by atoms with Gasteiger partial charge in [0.25, 0.3) is 0 Å². The molecule has 0 N–H and O–H groups in total. The highest BCUT2D eigenvalue weighted by atomic mass is 32.1. The number of carbonyl (C=O) groups is 2. The number of nitrogens with zero attached hydrogens (tertiary/aromatic N) is 3. The van der Waals surface area contributed by atoms with E-state index in [1.807, 2.05) is 41.8 Å². The Hall–Kier alpha value is -2.38. The van der Waals surface area contributed by atoms with E-state index < -0.39 is 0 Å². The van der Waals surface area contributed by atoms with Gasteiger partial charge in [-0.1, -0.05) is 6.07 Å². The molecule has 1 aromatic heterocycles. The lowest BCUT2D eigenvalue weighted by molar-refractivity contribution is -0.130. The van der Waals surface area contributed by atoms with Crippen molar-refractivity contribution in [2.24, 2.45) is 0 Å². The van der Waals surface area contributed by atoms with Crippen LogP contribution in [0.4, 0.5) is 5.69 Å². The maximum absolute atomic E-state index is 12.9. The van der Waals surface area contributed by atoms with E-state index in [4.69, 9.17) is 4.74 Å². The maximum atomic E-state index is 12.9. The Kier molecular flexibility index (Phi) is 7.17. The SMILES string of the molecule is COc1ccc(N(Cc2cccs2)C(=O)CN(C)CC(=O)N(C)C)cc1.